The third-order valence-electron chi connectivity index (χ3n) is 8.56. The third kappa shape index (κ3) is 5.84. The highest BCUT2D eigenvalue weighted by Gasteiger charge is 2.39. The maximum Gasteiger partial charge on any atom is 0.148 e. The number of hydrogen-bond donors (Lipinski definition) is 4. The first-order valence-electron chi connectivity index (χ1n) is 14.9. The zero-order valence-corrected chi connectivity index (χ0v) is 25.8. The maximum atomic E-state index is 10.1. The van der Waals surface area contributed by atoms with Gasteiger partial charge in [0.1, 0.15) is 13.9 Å². The summed E-state index contributed by atoms with van der Waals surface area (Å²) >= 11 is 6.90. The summed E-state index contributed by atoms with van der Waals surface area (Å²) in [5.74, 6) is 0. The summed E-state index contributed by atoms with van der Waals surface area (Å²) in [7, 11) is 2.07. The molecule has 0 bridgehead atoms. The van der Waals surface area contributed by atoms with Crippen molar-refractivity contribution in [1.82, 2.24) is 21.0 Å². The van der Waals surface area contributed by atoms with Gasteiger partial charge in [0.25, 0.3) is 0 Å². The van der Waals surface area contributed by atoms with Crippen LogP contribution in [0.2, 0.25) is 5.02 Å². The number of halogens is 1. The molecule has 1 unspecified atom stereocenters. The fourth-order valence-electron chi connectivity index (χ4n) is 5.96. The van der Waals surface area contributed by atoms with Crippen LogP contribution in [0.15, 0.2) is 78.8 Å². The second-order valence-corrected chi connectivity index (χ2v) is 12.0. The van der Waals surface area contributed by atoms with Gasteiger partial charge in [-0.3, -0.25) is 9.99 Å². The highest BCUT2D eigenvalue weighted by atomic mass is 35.5. The molecule has 1 saturated carbocycles. The maximum absolute atomic E-state index is 10.1. The van der Waals surface area contributed by atoms with Crippen molar-refractivity contribution in [3.05, 3.63) is 112 Å². The Bertz CT molecular complexity index is 1920. The molecular formula is C34H31BClN9. The third-order valence-corrected chi connectivity index (χ3v) is 8.85. The minimum Gasteiger partial charge on any atom is -0.378 e. The number of fused-ring (bicyclic) bond motifs is 1. The molecule has 6 rings (SSSR count). The minimum absolute atomic E-state index is 0.215. The molecule has 11 heteroatoms. The quantitative estimate of drug-likeness (QED) is 0.168. The normalized spacial score (nSPS) is 16.0. The number of rotatable bonds is 10. The fraction of sp³-hybridized carbons (Fsp3) is 0.235. The number of nitrogens with zero attached hydrogens (tertiary/aromatic N) is 5. The number of hydrazine groups is 2. The van der Waals surface area contributed by atoms with E-state index in [1.54, 1.807) is 0 Å². The number of pyridine rings is 1. The van der Waals surface area contributed by atoms with Gasteiger partial charge in [0.05, 0.1) is 56.7 Å². The van der Waals surface area contributed by atoms with E-state index in [9.17, 15) is 15.8 Å². The van der Waals surface area contributed by atoms with E-state index in [0.29, 0.717) is 57.3 Å². The summed E-state index contributed by atoms with van der Waals surface area (Å²) < 4.78 is 0. The predicted molar refractivity (Wildman–Crippen MR) is 178 cm³/mol. The van der Waals surface area contributed by atoms with Crippen LogP contribution in [-0.2, 0) is 5.44 Å². The first kappa shape index (κ1) is 29.8. The Morgan fingerprint density at radius 2 is 1.87 bits per heavy atom. The summed E-state index contributed by atoms with van der Waals surface area (Å²) in [6.45, 7) is 1.96. The van der Waals surface area contributed by atoms with Crippen LogP contribution in [0.5, 0.6) is 0 Å². The lowest BCUT2D eigenvalue weighted by Crippen LogP contribution is -2.46. The van der Waals surface area contributed by atoms with E-state index >= 15 is 0 Å². The number of nitrogens with one attached hydrogen (secondary N) is 4. The van der Waals surface area contributed by atoms with Crippen LogP contribution in [0.4, 0.5) is 11.4 Å². The summed E-state index contributed by atoms with van der Waals surface area (Å²) in [5.41, 5.74) is 12.4. The molecule has 0 saturated heterocycles. The lowest BCUT2D eigenvalue weighted by molar-refractivity contribution is 0.260. The van der Waals surface area contributed by atoms with Crippen molar-refractivity contribution in [3.63, 3.8) is 0 Å². The first-order valence-corrected chi connectivity index (χ1v) is 15.3. The Morgan fingerprint density at radius 1 is 1.09 bits per heavy atom. The second kappa shape index (κ2) is 12.4. The molecular weight excluding hydrogens is 581 g/mol. The highest BCUT2D eigenvalue weighted by Crippen LogP contribution is 2.40. The Balaban J connectivity index is 1.47. The topological polar surface area (TPSA) is 136 Å². The van der Waals surface area contributed by atoms with Crippen LogP contribution in [0, 0.1) is 40.9 Å². The molecule has 1 aliphatic carbocycles. The van der Waals surface area contributed by atoms with Gasteiger partial charge in [0.15, 0.2) is 0 Å². The first-order chi connectivity index (χ1) is 21.9. The Labute approximate surface area is 268 Å². The van der Waals surface area contributed by atoms with Crippen molar-refractivity contribution in [3.8, 4) is 18.2 Å². The molecule has 2 aliphatic rings. The van der Waals surface area contributed by atoms with E-state index < -0.39 is 5.44 Å². The highest BCUT2D eigenvalue weighted by molar-refractivity contribution is 6.36. The minimum atomic E-state index is -0.808. The van der Waals surface area contributed by atoms with Crippen molar-refractivity contribution in [2.75, 3.05) is 10.6 Å². The summed E-state index contributed by atoms with van der Waals surface area (Å²) in [6.07, 6.45) is 6.74. The summed E-state index contributed by atoms with van der Waals surface area (Å²) in [6, 6.07) is 26.5. The average molecular weight is 612 g/mol. The van der Waals surface area contributed by atoms with Crippen LogP contribution in [0.1, 0.15) is 59.5 Å². The molecule has 1 aliphatic heterocycles. The molecule has 222 valence electrons. The Hall–Kier alpha value is -5.21. The van der Waals surface area contributed by atoms with Gasteiger partial charge in [-0.15, -0.1) is 5.53 Å². The number of benzene rings is 3. The van der Waals surface area contributed by atoms with E-state index in [4.69, 9.17) is 11.6 Å². The van der Waals surface area contributed by atoms with E-state index in [0.717, 1.165) is 35.2 Å². The molecule has 45 heavy (non-hydrogen) atoms. The van der Waals surface area contributed by atoms with Gasteiger partial charge in [-0.25, -0.2) is 0 Å². The SMILES string of the molecule is BC(Nc1cc(Cl)c2ncc(C#N)c(N[C@H](CCC#N)c3ccccc3)c2c1)(C1=CN(C2CC2)NN1)c1cccc(C#N)c1C. The van der Waals surface area contributed by atoms with E-state index in [1.807, 2.05) is 67.6 Å². The van der Waals surface area contributed by atoms with Crippen LogP contribution in [0.25, 0.3) is 10.9 Å². The zero-order valence-electron chi connectivity index (χ0n) is 25.0. The van der Waals surface area contributed by atoms with Gasteiger partial charge < -0.3 is 16.1 Å². The molecule has 2 atom stereocenters. The smallest absolute Gasteiger partial charge is 0.148 e. The van der Waals surface area contributed by atoms with Gasteiger partial charge in [-0.1, -0.05) is 54.1 Å². The van der Waals surface area contributed by atoms with Crippen LogP contribution < -0.4 is 21.6 Å². The molecule has 2 heterocycles. The lowest BCUT2D eigenvalue weighted by Gasteiger charge is -2.35. The van der Waals surface area contributed by atoms with Gasteiger partial charge in [0.2, 0.25) is 0 Å². The van der Waals surface area contributed by atoms with Crippen LogP contribution in [0.3, 0.4) is 0 Å². The van der Waals surface area contributed by atoms with E-state index in [-0.39, 0.29) is 6.04 Å². The molecule has 9 nitrogen and oxygen atoms in total. The Kier molecular flexibility index (Phi) is 8.24. The van der Waals surface area contributed by atoms with Gasteiger partial charge in [-0.05, 0) is 61.1 Å². The average Bonchev–Trinajstić information content (AvgIpc) is 3.78. The van der Waals surface area contributed by atoms with Gasteiger partial charge in [0, 0.05) is 35.9 Å². The molecule has 1 aromatic heterocycles. The molecule has 3 aromatic carbocycles. The number of aromatic nitrogens is 1. The Morgan fingerprint density at radius 3 is 2.58 bits per heavy atom. The fourth-order valence-corrected chi connectivity index (χ4v) is 6.23. The van der Waals surface area contributed by atoms with Gasteiger partial charge >= 0.3 is 0 Å². The van der Waals surface area contributed by atoms with Crippen molar-refractivity contribution in [2.45, 2.75) is 50.1 Å². The monoisotopic (exact) mass is 611 g/mol. The van der Waals surface area contributed by atoms with Crippen molar-refractivity contribution in [2.24, 2.45) is 0 Å². The van der Waals surface area contributed by atoms with Crippen LogP contribution in [-0.4, -0.2) is 23.9 Å². The van der Waals surface area contributed by atoms with Crippen molar-refractivity contribution in [1.29, 1.82) is 15.8 Å². The summed E-state index contributed by atoms with van der Waals surface area (Å²) in [5, 5.41) is 39.8. The number of hydrogen-bond acceptors (Lipinski definition) is 9. The molecule has 4 N–H and O–H groups in total. The number of anilines is 2. The lowest BCUT2D eigenvalue weighted by atomic mass is 9.67. The standard InChI is InChI=1S/C34H31BClN9/c1-21-23(17-38)9-5-10-28(21)34(35,31-20-45(44-43-31)26-12-13-26)42-25-15-27-32(24(18-39)19-40-33(27)29(36)16-25)41-30(11-6-14-37)22-7-3-2-4-8-22/h2-5,7-10,15-16,19-20,26,30,42-44H,6,11-13,35H2,1H3,(H,40,41)/t30-,34?/m1/s1. The second-order valence-electron chi connectivity index (χ2n) is 11.6. The van der Waals surface area contributed by atoms with Crippen LogP contribution >= 0.6 is 11.6 Å². The molecule has 1 fully saturated rings. The van der Waals surface area contributed by atoms with E-state index in [1.165, 1.54) is 6.20 Å². The van der Waals surface area contributed by atoms with Crippen molar-refractivity contribution >= 4 is 41.7 Å². The zero-order chi connectivity index (χ0) is 31.6. The number of nitriles is 3. The largest absolute Gasteiger partial charge is 0.378 e. The predicted octanol–water partition coefficient (Wildman–Crippen LogP) is 5.62. The molecule has 0 spiro atoms. The molecule has 0 amide bonds. The summed E-state index contributed by atoms with van der Waals surface area (Å²) in [4.78, 5) is 4.55. The van der Waals surface area contributed by atoms with E-state index in [2.05, 4.69) is 63.8 Å². The molecule has 4 aromatic rings. The molecule has 0 radical (unpaired) electrons. The van der Waals surface area contributed by atoms with Gasteiger partial charge in [-0.2, -0.15) is 15.8 Å². The van der Waals surface area contributed by atoms with Crippen molar-refractivity contribution < 1.29 is 0 Å².